The summed E-state index contributed by atoms with van der Waals surface area (Å²) in [5.41, 5.74) is 38.7. The van der Waals surface area contributed by atoms with E-state index in [1.807, 2.05) is 0 Å². The van der Waals surface area contributed by atoms with E-state index in [0.29, 0.717) is 0 Å². The van der Waals surface area contributed by atoms with Gasteiger partial charge in [0.2, 0.25) is 0 Å². The van der Waals surface area contributed by atoms with Crippen LogP contribution in [0.25, 0.3) is 22.3 Å². The highest BCUT2D eigenvalue weighted by molar-refractivity contribution is 7.03. The number of benzene rings is 13. The van der Waals surface area contributed by atoms with E-state index >= 15 is 0 Å². The molecule has 100 heavy (non-hydrogen) atoms. The van der Waals surface area contributed by atoms with E-state index in [9.17, 15) is 0 Å². The molecule has 0 unspecified atom stereocenters. The summed E-state index contributed by atoms with van der Waals surface area (Å²) >= 11 is 0. The predicted molar refractivity (Wildman–Crippen MR) is 418 cm³/mol. The highest BCUT2D eigenvalue weighted by atomic mass is 16.5. The molecule has 0 spiro atoms. The lowest BCUT2D eigenvalue weighted by atomic mass is 9.29. The molecule has 480 valence electrons. The minimum absolute atomic E-state index is 0.219. The third kappa shape index (κ3) is 8.94. The van der Waals surface area contributed by atoms with Crippen LogP contribution in [0.5, 0.6) is 46.0 Å². The van der Waals surface area contributed by atoms with Crippen molar-refractivity contribution in [2.75, 3.05) is 14.7 Å². The fraction of sp³-hybridized carbons (Fsp3) is 0.133. The van der Waals surface area contributed by atoms with Gasteiger partial charge in [-0.3, -0.25) is 0 Å². The third-order valence-electron chi connectivity index (χ3n) is 22.0. The average molecular weight is 1290 g/mol. The molecule has 0 aliphatic carbocycles. The monoisotopic (exact) mass is 1290 g/mol. The molecule has 6 heterocycles. The minimum atomic E-state index is -0.331. The summed E-state index contributed by atoms with van der Waals surface area (Å²) in [6.07, 6.45) is 0. The van der Waals surface area contributed by atoms with Crippen molar-refractivity contribution in [2.45, 2.75) is 83.1 Å². The number of aryl methyl sites for hydroxylation is 12. The van der Waals surface area contributed by atoms with Crippen LogP contribution in [0.3, 0.4) is 0 Å². The Morgan fingerprint density at radius 2 is 0.570 bits per heavy atom. The van der Waals surface area contributed by atoms with Crippen LogP contribution in [0.4, 0.5) is 51.2 Å². The van der Waals surface area contributed by atoms with E-state index in [1.165, 1.54) is 94.3 Å². The van der Waals surface area contributed by atoms with Gasteiger partial charge in [-0.2, -0.15) is 0 Å². The molecule has 0 atom stereocenters. The molecule has 0 aromatic heterocycles. The fourth-order valence-corrected chi connectivity index (χ4v) is 18.7. The number of anilines is 9. The van der Waals surface area contributed by atoms with Gasteiger partial charge >= 0.3 is 0 Å². The molecule has 19 rings (SSSR count). The zero-order chi connectivity index (χ0) is 68.0. The van der Waals surface area contributed by atoms with Crippen molar-refractivity contribution in [3.05, 3.63) is 285 Å². The maximum atomic E-state index is 7.68. The molecule has 10 heteroatoms. The van der Waals surface area contributed by atoms with Gasteiger partial charge in [-0.1, -0.05) is 156 Å². The van der Waals surface area contributed by atoms with Crippen molar-refractivity contribution < 1.29 is 18.9 Å². The molecule has 0 fully saturated rings. The molecular formula is C90H72B3N3O4. The third-order valence-corrected chi connectivity index (χ3v) is 22.0. The summed E-state index contributed by atoms with van der Waals surface area (Å²) in [5, 5.41) is 0. The fourth-order valence-electron chi connectivity index (χ4n) is 18.7. The van der Waals surface area contributed by atoms with Crippen molar-refractivity contribution in [2.24, 2.45) is 0 Å². The summed E-state index contributed by atoms with van der Waals surface area (Å²) in [6.45, 7) is 26.0. The predicted octanol–water partition coefficient (Wildman–Crippen LogP) is 17.7. The Balaban J connectivity index is 0.940. The van der Waals surface area contributed by atoms with Crippen molar-refractivity contribution in [3.8, 4) is 68.2 Å². The minimum Gasteiger partial charge on any atom is -0.458 e. The van der Waals surface area contributed by atoms with E-state index < -0.39 is 0 Å². The second kappa shape index (κ2) is 22.1. The van der Waals surface area contributed by atoms with E-state index in [2.05, 4.69) is 316 Å². The molecule has 6 aliphatic rings. The molecule has 0 radical (unpaired) electrons. The standard InChI is InChI=1S/C90H72B3N3O4/c1-49-31-53(5)84(54(6)32-49)61-39-80-87-82(41-61)99-78-47-72-68(45-70(78)91(87)66-27-19-21-29-76(66)97-80)93-69-46-71-79(100-83-42-62(85-55(7)33-50(2)34-56(85)8)40-81-88(83)92(71)67-28-20-22-30-77(67)98-81)48-73(69)96(90-59(11)37-52(4)38-60(90)12)75-44-65(94(63-23-15-13-16-24-63)64-25-17-14-18-26-64)43-74(86(75)93)95(72)89-57(9)35-51(3)36-58(89)10/h13-48H,1-12H3. The topological polar surface area (TPSA) is 46.6 Å². The number of nitrogens with zero attached hydrogens (tertiary/aromatic N) is 3. The maximum absolute atomic E-state index is 7.68. The van der Waals surface area contributed by atoms with Crippen LogP contribution in [0.15, 0.2) is 218 Å². The zero-order valence-electron chi connectivity index (χ0n) is 58.5. The summed E-state index contributed by atoms with van der Waals surface area (Å²) in [7, 11) is 0. The van der Waals surface area contributed by atoms with Gasteiger partial charge in [0.25, 0.3) is 20.1 Å². The number of fused-ring (bicyclic) bond motifs is 12. The molecule has 0 amide bonds. The number of para-hydroxylation sites is 4. The summed E-state index contributed by atoms with van der Waals surface area (Å²) in [5.74, 6) is 6.57. The first-order chi connectivity index (χ1) is 48.5. The Morgan fingerprint density at radius 1 is 0.250 bits per heavy atom. The Labute approximate surface area is 587 Å². The smallest absolute Gasteiger partial charge is 0.260 e. The van der Waals surface area contributed by atoms with E-state index in [4.69, 9.17) is 18.9 Å². The lowest BCUT2D eigenvalue weighted by molar-refractivity contribution is 0.464. The lowest BCUT2D eigenvalue weighted by Gasteiger charge is -2.47. The van der Waals surface area contributed by atoms with Gasteiger partial charge in [-0.05, 0) is 261 Å². The summed E-state index contributed by atoms with van der Waals surface area (Å²) in [6, 6.07) is 81.4. The number of hydrogen-bond acceptors (Lipinski definition) is 7. The Kier molecular flexibility index (Phi) is 13.2. The van der Waals surface area contributed by atoms with Gasteiger partial charge < -0.3 is 33.6 Å². The van der Waals surface area contributed by atoms with Crippen LogP contribution < -0.4 is 82.8 Å². The molecule has 0 N–H and O–H groups in total. The molecule has 7 nitrogen and oxygen atoms in total. The van der Waals surface area contributed by atoms with Crippen LogP contribution in [-0.4, -0.2) is 20.1 Å². The van der Waals surface area contributed by atoms with Crippen LogP contribution in [0, 0.1) is 83.1 Å². The summed E-state index contributed by atoms with van der Waals surface area (Å²) in [4.78, 5) is 7.65. The van der Waals surface area contributed by atoms with Crippen molar-refractivity contribution in [1.82, 2.24) is 0 Å². The number of ether oxygens (including phenoxy) is 4. The van der Waals surface area contributed by atoms with Crippen LogP contribution in [0.2, 0.25) is 0 Å². The summed E-state index contributed by atoms with van der Waals surface area (Å²) < 4.78 is 29.6. The first-order valence-corrected chi connectivity index (χ1v) is 35.1. The first kappa shape index (κ1) is 59.9. The number of hydrogen-bond donors (Lipinski definition) is 0. The van der Waals surface area contributed by atoms with Crippen molar-refractivity contribution in [3.63, 3.8) is 0 Å². The van der Waals surface area contributed by atoms with Gasteiger partial charge in [0.1, 0.15) is 46.0 Å². The molecule has 13 aromatic rings. The SMILES string of the molecule is Cc1cc(C)c(-c2cc3c4c(c2)Oc2cc5c(cc2B4c2ccccc2O3)B2c3cc4c(cc3N(c3c(C)cc(C)cc3C)c3cc(N(c6ccccc6)c6ccccc6)cc(c32)N5c2c(C)cc(C)cc2C)Oc2cc(-c3c(C)cc(C)cc3C)cc3c2B4c2ccccc2O3)c(C)c1. The normalized spacial score (nSPS) is 13.4. The Hall–Kier alpha value is -11.3. The van der Waals surface area contributed by atoms with E-state index in [-0.39, 0.29) is 20.1 Å². The zero-order valence-corrected chi connectivity index (χ0v) is 58.5. The largest absolute Gasteiger partial charge is 0.458 e. The second-order valence-electron chi connectivity index (χ2n) is 29.1. The average Bonchev–Trinajstić information content (AvgIpc) is 0.682. The van der Waals surface area contributed by atoms with Crippen LogP contribution in [-0.2, 0) is 0 Å². The Bertz CT molecular complexity index is 5330. The van der Waals surface area contributed by atoms with Gasteiger partial charge in [0.15, 0.2) is 0 Å². The lowest BCUT2D eigenvalue weighted by Crippen LogP contribution is -2.65. The first-order valence-electron chi connectivity index (χ1n) is 35.1. The molecular weight excluding hydrogens is 1220 g/mol. The quantitative estimate of drug-likeness (QED) is 0.147. The highest BCUT2D eigenvalue weighted by Crippen LogP contribution is 2.53. The van der Waals surface area contributed by atoms with E-state index in [0.717, 1.165) is 141 Å². The molecule has 0 saturated heterocycles. The van der Waals surface area contributed by atoms with E-state index in [1.54, 1.807) is 0 Å². The van der Waals surface area contributed by atoms with Crippen LogP contribution >= 0.6 is 0 Å². The van der Waals surface area contributed by atoms with Gasteiger partial charge in [-0.15, -0.1) is 0 Å². The van der Waals surface area contributed by atoms with Crippen molar-refractivity contribution in [1.29, 1.82) is 0 Å². The number of rotatable bonds is 7. The molecule has 0 bridgehead atoms. The highest BCUT2D eigenvalue weighted by Gasteiger charge is 2.50. The molecule has 6 aliphatic heterocycles. The van der Waals surface area contributed by atoms with Crippen molar-refractivity contribution >= 4 is 120 Å². The van der Waals surface area contributed by atoms with Gasteiger partial charge in [0.05, 0.1) is 17.1 Å². The second-order valence-corrected chi connectivity index (χ2v) is 29.1. The van der Waals surface area contributed by atoms with Crippen LogP contribution in [0.1, 0.15) is 66.8 Å². The molecule has 13 aromatic carbocycles. The van der Waals surface area contributed by atoms with Gasteiger partial charge in [0, 0.05) is 57.2 Å². The van der Waals surface area contributed by atoms with Gasteiger partial charge in [-0.25, -0.2) is 0 Å². The molecule has 0 saturated carbocycles. The maximum Gasteiger partial charge on any atom is 0.260 e. The Morgan fingerprint density at radius 3 is 0.940 bits per heavy atom.